The Bertz CT molecular complexity index is 961. The molecule has 2 aromatic carbocycles. The highest BCUT2D eigenvalue weighted by molar-refractivity contribution is 5.92. The lowest BCUT2D eigenvalue weighted by molar-refractivity contribution is 0.627. The first-order valence-corrected chi connectivity index (χ1v) is 10.1. The highest BCUT2D eigenvalue weighted by atomic mass is 19.1. The van der Waals surface area contributed by atoms with Gasteiger partial charge in [0.15, 0.2) is 0 Å². The summed E-state index contributed by atoms with van der Waals surface area (Å²) in [5, 5.41) is 3.49. The first-order valence-electron chi connectivity index (χ1n) is 10.1. The largest absolute Gasteiger partial charge is 0.370 e. The number of anilines is 3. The number of imidazole rings is 1. The van der Waals surface area contributed by atoms with Crippen LogP contribution >= 0.6 is 0 Å². The van der Waals surface area contributed by atoms with Crippen LogP contribution in [-0.4, -0.2) is 22.6 Å². The highest BCUT2D eigenvalue weighted by Crippen LogP contribution is 2.33. The first kappa shape index (κ1) is 20.2. The lowest BCUT2D eigenvalue weighted by Gasteiger charge is -2.25. The standard InChI is InChI=1S/C23H31FN4/c1-7-9-28(10-8-2)20-14-18(24)13-19-22(20)27(6)23(25-19)26-21-16(4)11-15(3)12-17(21)5/h11-14H,7-10H2,1-6H3,(H,25,26). The van der Waals surface area contributed by atoms with E-state index in [1.54, 1.807) is 6.07 Å². The van der Waals surface area contributed by atoms with Crippen LogP contribution in [0.4, 0.5) is 21.7 Å². The molecular weight excluding hydrogens is 351 g/mol. The van der Waals surface area contributed by atoms with Crippen molar-refractivity contribution in [3.05, 3.63) is 46.8 Å². The number of aromatic nitrogens is 2. The molecule has 0 unspecified atom stereocenters. The van der Waals surface area contributed by atoms with Gasteiger partial charge < -0.3 is 14.8 Å². The fourth-order valence-electron chi connectivity index (χ4n) is 4.03. The van der Waals surface area contributed by atoms with Crippen molar-refractivity contribution in [1.29, 1.82) is 0 Å². The molecule has 1 N–H and O–H groups in total. The van der Waals surface area contributed by atoms with Crippen LogP contribution in [0, 0.1) is 26.6 Å². The van der Waals surface area contributed by atoms with Crippen molar-refractivity contribution in [3.8, 4) is 0 Å². The monoisotopic (exact) mass is 382 g/mol. The van der Waals surface area contributed by atoms with Gasteiger partial charge in [0.05, 0.1) is 16.7 Å². The molecule has 5 heteroatoms. The Kier molecular flexibility index (Phi) is 5.92. The minimum absolute atomic E-state index is 0.243. The molecule has 0 saturated carbocycles. The van der Waals surface area contributed by atoms with Gasteiger partial charge in [-0.25, -0.2) is 9.37 Å². The van der Waals surface area contributed by atoms with E-state index >= 15 is 0 Å². The molecule has 0 atom stereocenters. The summed E-state index contributed by atoms with van der Waals surface area (Å²) in [7, 11) is 1.99. The van der Waals surface area contributed by atoms with E-state index in [4.69, 9.17) is 4.98 Å². The third-order valence-corrected chi connectivity index (χ3v) is 5.16. The summed E-state index contributed by atoms with van der Waals surface area (Å²) in [6.07, 6.45) is 2.03. The van der Waals surface area contributed by atoms with Gasteiger partial charge in [-0.05, 0) is 50.8 Å². The molecule has 3 aromatic rings. The molecule has 4 nitrogen and oxygen atoms in total. The maximum absolute atomic E-state index is 14.4. The van der Waals surface area contributed by atoms with Crippen LogP contribution in [-0.2, 0) is 7.05 Å². The summed E-state index contributed by atoms with van der Waals surface area (Å²) in [6, 6.07) is 7.48. The summed E-state index contributed by atoms with van der Waals surface area (Å²) < 4.78 is 16.4. The van der Waals surface area contributed by atoms with Crippen LogP contribution in [0.15, 0.2) is 24.3 Å². The number of hydrogen-bond acceptors (Lipinski definition) is 3. The van der Waals surface area contributed by atoms with Crippen molar-refractivity contribution in [3.63, 3.8) is 0 Å². The van der Waals surface area contributed by atoms with Crippen LogP contribution in [0.5, 0.6) is 0 Å². The quantitative estimate of drug-likeness (QED) is 0.543. The molecule has 150 valence electrons. The van der Waals surface area contributed by atoms with Gasteiger partial charge in [-0.3, -0.25) is 0 Å². The van der Waals surface area contributed by atoms with E-state index in [-0.39, 0.29) is 5.82 Å². The lowest BCUT2D eigenvalue weighted by atomic mass is 10.1. The van der Waals surface area contributed by atoms with Gasteiger partial charge in [-0.1, -0.05) is 31.5 Å². The predicted octanol–water partition coefficient (Wildman–Crippen LogP) is 6.01. The van der Waals surface area contributed by atoms with Gasteiger partial charge in [0.2, 0.25) is 5.95 Å². The van der Waals surface area contributed by atoms with Crippen molar-refractivity contribution >= 4 is 28.4 Å². The number of nitrogens with one attached hydrogen (secondary N) is 1. The maximum Gasteiger partial charge on any atom is 0.208 e. The third kappa shape index (κ3) is 3.84. The molecule has 0 saturated heterocycles. The van der Waals surface area contributed by atoms with Crippen LogP contribution < -0.4 is 10.2 Å². The summed E-state index contributed by atoms with van der Waals surface area (Å²) >= 11 is 0. The number of nitrogens with zero attached hydrogens (tertiary/aromatic N) is 3. The molecule has 0 bridgehead atoms. The Hall–Kier alpha value is -2.56. The van der Waals surface area contributed by atoms with E-state index in [0.717, 1.165) is 48.8 Å². The average molecular weight is 383 g/mol. The van der Waals surface area contributed by atoms with Crippen molar-refractivity contribution in [2.24, 2.45) is 7.05 Å². The van der Waals surface area contributed by atoms with Gasteiger partial charge in [0, 0.05) is 31.9 Å². The van der Waals surface area contributed by atoms with E-state index in [0.29, 0.717) is 5.52 Å². The fraction of sp³-hybridized carbons (Fsp3) is 0.435. The average Bonchev–Trinajstić information content (AvgIpc) is 2.92. The summed E-state index contributed by atoms with van der Waals surface area (Å²) in [4.78, 5) is 6.98. The zero-order valence-corrected chi connectivity index (χ0v) is 17.9. The summed E-state index contributed by atoms with van der Waals surface area (Å²) in [5.41, 5.74) is 7.21. The van der Waals surface area contributed by atoms with Crippen molar-refractivity contribution in [1.82, 2.24) is 9.55 Å². The van der Waals surface area contributed by atoms with E-state index in [1.807, 2.05) is 11.6 Å². The number of halogens is 1. The Morgan fingerprint density at radius 2 is 1.61 bits per heavy atom. The molecule has 0 aliphatic rings. The van der Waals surface area contributed by atoms with Crippen molar-refractivity contribution < 1.29 is 4.39 Å². The van der Waals surface area contributed by atoms with Crippen LogP contribution in [0.2, 0.25) is 0 Å². The van der Waals surface area contributed by atoms with Gasteiger partial charge >= 0.3 is 0 Å². The molecule has 0 fully saturated rings. The van der Waals surface area contributed by atoms with E-state index in [1.165, 1.54) is 22.8 Å². The molecule has 1 heterocycles. The van der Waals surface area contributed by atoms with E-state index in [9.17, 15) is 4.39 Å². The van der Waals surface area contributed by atoms with Gasteiger partial charge in [0.25, 0.3) is 0 Å². The molecule has 0 amide bonds. The summed E-state index contributed by atoms with van der Waals surface area (Å²) in [6.45, 7) is 12.4. The minimum Gasteiger partial charge on any atom is -0.370 e. The zero-order chi connectivity index (χ0) is 20.4. The topological polar surface area (TPSA) is 33.1 Å². The Morgan fingerprint density at radius 3 is 2.18 bits per heavy atom. The summed E-state index contributed by atoms with van der Waals surface area (Å²) in [5.74, 6) is 0.483. The minimum atomic E-state index is -0.243. The van der Waals surface area contributed by atoms with Gasteiger partial charge in [-0.15, -0.1) is 0 Å². The molecular formula is C23H31FN4. The molecule has 0 spiro atoms. The van der Waals surface area contributed by atoms with E-state index < -0.39 is 0 Å². The second kappa shape index (κ2) is 8.21. The fourth-order valence-corrected chi connectivity index (χ4v) is 4.03. The number of benzene rings is 2. The highest BCUT2D eigenvalue weighted by Gasteiger charge is 2.18. The second-order valence-corrected chi connectivity index (χ2v) is 7.67. The van der Waals surface area contributed by atoms with Gasteiger partial charge in [-0.2, -0.15) is 0 Å². The van der Waals surface area contributed by atoms with Crippen molar-refractivity contribution in [2.45, 2.75) is 47.5 Å². The molecule has 0 radical (unpaired) electrons. The lowest BCUT2D eigenvalue weighted by Crippen LogP contribution is -2.25. The Labute approximate surface area is 167 Å². The molecule has 0 aliphatic heterocycles. The van der Waals surface area contributed by atoms with Gasteiger partial charge in [0.1, 0.15) is 5.82 Å². The van der Waals surface area contributed by atoms with Crippen LogP contribution in [0.25, 0.3) is 11.0 Å². The van der Waals surface area contributed by atoms with Crippen molar-refractivity contribution in [2.75, 3.05) is 23.3 Å². The Balaban J connectivity index is 2.12. The SMILES string of the molecule is CCCN(CCC)c1cc(F)cc2nc(Nc3c(C)cc(C)cc3C)n(C)c12. The number of aryl methyl sites for hydroxylation is 4. The van der Waals surface area contributed by atoms with Crippen LogP contribution in [0.3, 0.4) is 0 Å². The first-order chi connectivity index (χ1) is 13.3. The predicted molar refractivity (Wildman–Crippen MR) is 117 cm³/mol. The molecule has 0 aliphatic carbocycles. The zero-order valence-electron chi connectivity index (χ0n) is 17.9. The Morgan fingerprint density at radius 1 is 1.00 bits per heavy atom. The number of rotatable bonds is 7. The number of hydrogen-bond donors (Lipinski definition) is 1. The second-order valence-electron chi connectivity index (χ2n) is 7.67. The maximum atomic E-state index is 14.4. The molecule has 3 rings (SSSR count). The van der Waals surface area contributed by atoms with E-state index in [2.05, 4.69) is 57.0 Å². The third-order valence-electron chi connectivity index (χ3n) is 5.16. The smallest absolute Gasteiger partial charge is 0.208 e. The molecule has 28 heavy (non-hydrogen) atoms. The normalized spacial score (nSPS) is 11.2. The number of fused-ring (bicyclic) bond motifs is 1. The molecule has 1 aromatic heterocycles. The van der Waals surface area contributed by atoms with Crippen LogP contribution in [0.1, 0.15) is 43.4 Å².